The summed E-state index contributed by atoms with van der Waals surface area (Å²) < 4.78 is 0. The lowest BCUT2D eigenvalue weighted by molar-refractivity contribution is -0.0653. The molecular formula is C23H42. The van der Waals surface area contributed by atoms with E-state index in [0.29, 0.717) is 0 Å². The first-order chi connectivity index (χ1) is 11.2. The van der Waals surface area contributed by atoms with E-state index in [9.17, 15) is 0 Å². The predicted molar refractivity (Wildman–Crippen MR) is 102 cm³/mol. The summed E-state index contributed by atoms with van der Waals surface area (Å²) in [6, 6.07) is 0. The summed E-state index contributed by atoms with van der Waals surface area (Å²) in [6.07, 6.45) is 26.2. The Labute approximate surface area is 146 Å². The van der Waals surface area contributed by atoms with Crippen molar-refractivity contribution in [2.24, 2.45) is 22.7 Å². The average Bonchev–Trinajstić information content (AvgIpc) is 2.62. The van der Waals surface area contributed by atoms with E-state index < -0.39 is 0 Å². The van der Waals surface area contributed by atoms with Crippen LogP contribution in [0.25, 0.3) is 0 Å². The van der Waals surface area contributed by atoms with E-state index >= 15 is 0 Å². The van der Waals surface area contributed by atoms with Gasteiger partial charge in [0.2, 0.25) is 0 Å². The van der Waals surface area contributed by atoms with Gasteiger partial charge in [-0.15, -0.1) is 0 Å². The first-order valence-electron chi connectivity index (χ1n) is 11.2. The molecule has 4 fully saturated rings. The third-order valence-electron chi connectivity index (χ3n) is 8.45. The second-order valence-corrected chi connectivity index (χ2v) is 9.68. The Kier molecular flexibility index (Phi) is 6.13. The molecule has 4 rings (SSSR count). The van der Waals surface area contributed by atoms with Crippen LogP contribution in [0.2, 0.25) is 0 Å². The third kappa shape index (κ3) is 3.98. The summed E-state index contributed by atoms with van der Waals surface area (Å²) in [7, 11) is 0. The number of rotatable bonds is 8. The predicted octanol–water partition coefficient (Wildman–Crippen LogP) is 7.90. The number of hydrogen-bond donors (Lipinski definition) is 0. The van der Waals surface area contributed by atoms with Crippen molar-refractivity contribution in [3.8, 4) is 0 Å². The Morgan fingerprint density at radius 2 is 1.30 bits per heavy atom. The van der Waals surface area contributed by atoms with Gasteiger partial charge in [0.25, 0.3) is 0 Å². The maximum Gasteiger partial charge on any atom is -0.0269 e. The molecule has 134 valence electrons. The minimum absolute atomic E-state index is 0.801. The van der Waals surface area contributed by atoms with Gasteiger partial charge in [-0.1, -0.05) is 65.2 Å². The monoisotopic (exact) mass is 318 g/mol. The molecule has 0 aromatic rings. The fraction of sp³-hybridized carbons (Fsp3) is 1.00. The molecule has 2 bridgehead atoms. The maximum absolute atomic E-state index is 2.37. The van der Waals surface area contributed by atoms with Gasteiger partial charge in [-0.05, 0) is 80.5 Å². The quantitative estimate of drug-likeness (QED) is 0.399. The summed E-state index contributed by atoms with van der Waals surface area (Å²) in [6.45, 7) is 4.70. The number of unbranched alkanes of at least 4 members (excludes halogenated alkanes) is 3. The molecule has 23 heavy (non-hydrogen) atoms. The summed E-state index contributed by atoms with van der Waals surface area (Å²) in [5.74, 6) is 2.19. The van der Waals surface area contributed by atoms with Gasteiger partial charge < -0.3 is 0 Å². The normalized spacial score (nSPS) is 40.4. The maximum atomic E-state index is 2.37. The van der Waals surface area contributed by atoms with Gasteiger partial charge in [-0.25, -0.2) is 0 Å². The molecule has 0 atom stereocenters. The molecular weight excluding hydrogens is 276 g/mol. The molecule has 0 radical (unpaired) electrons. The Morgan fingerprint density at radius 1 is 0.696 bits per heavy atom. The van der Waals surface area contributed by atoms with Gasteiger partial charge in [-0.3, -0.25) is 0 Å². The Bertz CT molecular complexity index is 323. The minimum atomic E-state index is 0.801. The van der Waals surface area contributed by atoms with E-state index in [1.807, 2.05) is 0 Å². The summed E-state index contributed by atoms with van der Waals surface area (Å²) in [5.41, 5.74) is 1.61. The molecule has 0 aromatic carbocycles. The Morgan fingerprint density at radius 3 is 1.87 bits per heavy atom. The van der Waals surface area contributed by atoms with E-state index in [0.717, 1.165) is 22.7 Å². The van der Waals surface area contributed by atoms with E-state index in [1.165, 1.54) is 38.5 Å². The highest BCUT2D eigenvalue weighted by Crippen LogP contribution is 2.63. The van der Waals surface area contributed by atoms with Crippen LogP contribution in [0.3, 0.4) is 0 Å². The zero-order valence-electron chi connectivity index (χ0n) is 16.2. The van der Waals surface area contributed by atoms with Crippen LogP contribution >= 0.6 is 0 Å². The van der Waals surface area contributed by atoms with Crippen LogP contribution in [0.15, 0.2) is 0 Å². The zero-order valence-corrected chi connectivity index (χ0v) is 16.2. The molecule has 0 aromatic heterocycles. The largest absolute Gasteiger partial charge is 0.0654 e. The second kappa shape index (κ2) is 7.92. The van der Waals surface area contributed by atoms with Crippen molar-refractivity contribution in [1.29, 1.82) is 0 Å². The SMILES string of the molecule is CCCCC[C@H]1CC[C@H](C23CCC(CCCC)(CC2)CC3)CC1. The van der Waals surface area contributed by atoms with E-state index in [4.69, 9.17) is 0 Å². The second-order valence-electron chi connectivity index (χ2n) is 9.68. The molecule has 0 heteroatoms. The van der Waals surface area contributed by atoms with Crippen LogP contribution in [0.1, 0.15) is 123 Å². The summed E-state index contributed by atoms with van der Waals surface area (Å²) >= 11 is 0. The number of hydrogen-bond acceptors (Lipinski definition) is 0. The third-order valence-corrected chi connectivity index (χ3v) is 8.45. The summed E-state index contributed by atoms with van der Waals surface area (Å²) in [4.78, 5) is 0. The van der Waals surface area contributed by atoms with Crippen molar-refractivity contribution in [1.82, 2.24) is 0 Å². The molecule has 0 spiro atoms. The van der Waals surface area contributed by atoms with Gasteiger partial charge in [0.15, 0.2) is 0 Å². The van der Waals surface area contributed by atoms with Crippen LogP contribution < -0.4 is 0 Å². The fourth-order valence-electron chi connectivity index (χ4n) is 6.58. The minimum Gasteiger partial charge on any atom is -0.0654 e. The highest BCUT2D eigenvalue weighted by Gasteiger charge is 2.51. The molecule has 0 N–H and O–H groups in total. The summed E-state index contributed by atoms with van der Waals surface area (Å²) in [5, 5.41) is 0. The standard InChI is InChI=1S/C23H42/c1-3-5-7-8-20-9-11-21(12-10-20)23-17-14-22(15-18-23,16-19-23)13-6-4-2/h20-21H,3-19H2,1-2H3/t20-,21-,22?,23?. The molecule has 0 nitrogen and oxygen atoms in total. The molecule has 0 amide bonds. The lowest BCUT2D eigenvalue weighted by Crippen LogP contribution is -2.46. The first-order valence-corrected chi connectivity index (χ1v) is 11.2. The molecule has 0 heterocycles. The highest BCUT2D eigenvalue weighted by atomic mass is 14.6. The first kappa shape index (κ1) is 17.8. The van der Waals surface area contributed by atoms with Gasteiger partial charge in [0, 0.05) is 0 Å². The topological polar surface area (TPSA) is 0 Å². The molecule has 4 aliphatic rings. The van der Waals surface area contributed by atoms with Crippen LogP contribution in [-0.2, 0) is 0 Å². The molecule has 4 aliphatic carbocycles. The van der Waals surface area contributed by atoms with Crippen LogP contribution in [0.4, 0.5) is 0 Å². The molecule has 4 saturated carbocycles. The van der Waals surface area contributed by atoms with Crippen molar-refractivity contribution < 1.29 is 0 Å². The van der Waals surface area contributed by atoms with E-state index in [-0.39, 0.29) is 0 Å². The highest BCUT2D eigenvalue weighted by molar-refractivity contribution is 5.02. The van der Waals surface area contributed by atoms with Gasteiger partial charge in [0.05, 0.1) is 0 Å². The van der Waals surface area contributed by atoms with Crippen LogP contribution in [0, 0.1) is 22.7 Å². The van der Waals surface area contributed by atoms with Gasteiger partial charge >= 0.3 is 0 Å². The molecule has 0 unspecified atom stereocenters. The van der Waals surface area contributed by atoms with Crippen molar-refractivity contribution in [3.05, 3.63) is 0 Å². The van der Waals surface area contributed by atoms with Crippen molar-refractivity contribution in [2.45, 2.75) is 123 Å². The fourth-order valence-corrected chi connectivity index (χ4v) is 6.58. The van der Waals surface area contributed by atoms with Crippen LogP contribution in [-0.4, -0.2) is 0 Å². The Hall–Kier alpha value is 0. The van der Waals surface area contributed by atoms with E-state index in [2.05, 4.69) is 13.8 Å². The zero-order chi connectivity index (χ0) is 16.2. The number of fused-ring (bicyclic) bond motifs is 3. The van der Waals surface area contributed by atoms with Gasteiger partial charge in [0.1, 0.15) is 0 Å². The van der Waals surface area contributed by atoms with Gasteiger partial charge in [-0.2, -0.15) is 0 Å². The van der Waals surface area contributed by atoms with Crippen molar-refractivity contribution >= 4 is 0 Å². The van der Waals surface area contributed by atoms with E-state index in [1.54, 1.807) is 70.6 Å². The lowest BCUT2D eigenvalue weighted by Gasteiger charge is -2.58. The van der Waals surface area contributed by atoms with Crippen molar-refractivity contribution in [2.75, 3.05) is 0 Å². The van der Waals surface area contributed by atoms with Crippen molar-refractivity contribution in [3.63, 3.8) is 0 Å². The smallest absolute Gasteiger partial charge is 0.0269 e. The average molecular weight is 319 g/mol. The molecule has 0 saturated heterocycles. The Balaban J connectivity index is 1.47. The lowest BCUT2D eigenvalue weighted by atomic mass is 9.47. The van der Waals surface area contributed by atoms with Crippen LogP contribution in [0.5, 0.6) is 0 Å². The molecule has 0 aliphatic heterocycles.